The predicted molar refractivity (Wildman–Crippen MR) is 62.7 cm³/mol. The molecule has 0 N–H and O–H groups in total. The Hall–Kier alpha value is -0.320. The van der Waals surface area contributed by atoms with Crippen LogP contribution in [0.3, 0.4) is 0 Å². The minimum Gasteiger partial charge on any atom is -0.377 e. The van der Waals surface area contributed by atoms with Crippen molar-refractivity contribution in [2.45, 2.75) is 31.5 Å². The van der Waals surface area contributed by atoms with Gasteiger partial charge in [0.1, 0.15) is 12.2 Å². The average Bonchev–Trinajstić information content (AvgIpc) is 2.72. The molecule has 2 atom stereocenters. The minimum atomic E-state index is 0.00183. The SMILES string of the molecule is COC1CN(C(=O)CCCCCl)CC1OC. The molecule has 4 nitrogen and oxygen atoms in total. The molecular formula is C11H20ClNO3. The Morgan fingerprint density at radius 3 is 2.25 bits per heavy atom. The van der Waals surface area contributed by atoms with Crippen LogP contribution in [0.2, 0.25) is 0 Å². The number of unbranched alkanes of at least 4 members (excludes halogenated alkanes) is 1. The molecular weight excluding hydrogens is 230 g/mol. The standard InChI is InChI=1S/C11H20ClNO3/c1-15-9-7-13(8-10(9)16-2)11(14)5-3-4-6-12/h9-10H,3-8H2,1-2H3. The molecule has 1 amide bonds. The summed E-state index contributed by atoms with van der Waals surface area (Å²) in [6.45, 7) is 1.27. The summed E-state index contributed by atoms with van der Waals surface area (Å²) in [7, 11) is 3.30. The summed E-state index contributed by atoms with van der Waals surface area (Å²) in [5, 5.41) is 0. The number of hydrogen-bond acceptors (Lipinski definition) is 3. The number of likely N-dealkylation sites (tertiary alicyclic amines) is 1. The van der Waals surface area contributed by atoms with Crippen LogP contribution in [0.5, 0.6) is 0 Å². The summed E-state index contributed by atoms with van der Waals surface area (Å²) >= 11 is 5.57. The summed E-state index contributed by atoms with van der Waals surface area (Å²) in [4.78, 5) is 13.6. The number of hydrogen-bond donors (Lipinski definition) is 0. The van der Waals surface area contributed by atoms with Crippen molar-refractivity contribution in [1.82, 2.24) is 4.90 Å². The van der Waals surface area contributed by atoms with Crippen molar-refractivity contribution < 1.29 is 14.3 Å². The molecule has 0 aromatic rings. The van der Waals surface area contributed by atoms with Crippen molar-refractivity contribution in [3.63, 3.8) is 0 Å². The third-order valence-electron chi connectivity index (χ3n) is 2.95. The van der Waals surface area contributed by atoms with Crippen molar-refractivity contribution in [3.8, 4) is 0 Å². The second kappa shape index (κ2) is 7.09. The molecule has 0 aliphatic carbocycles. The predicted octanol–water partition coefficient (Wildman–Crippen LogP) is 1.27. The molecule has 16 heavy (non-hydrogen) atoms. The van der Waals surface area contributed by atoms with Crippen molar-refractivity contribution in [3.05, 3.63) is 0 Å². The Morgan fingerprint density at radius 1 is 1.25 bits per heavy atom. The first kappa shape index (κ1) is 13.7. The Morgan fingerprint density at radius 2 is 1.81 bits per heavy atom. The third kappa shape index (κ3) is 3.61. The summed E-state index contributed by atoms with van der Waals surface area (Å²) in [6.07, 6.45) is 2.32. The van der Waals surface area contributed by atoms with Gasteiger partial charge in [-0.25, -0.2) is 0 Å². The molecule has 0 bridgehead atoms. The molecule has 1 heterocycles. The second-order valence-corrected chi connectivity index (χ2v) is 4.37. The van der Waals surface area contributed by atoms with Crippen LogP contribution < -0.4 is 0 Å². The lowest BCUT2D eigenvalue weighted by atomic mass is 10.2. The summed E-state index contributed by atoms with van der Waals surface area (Å²) in [6, 6.07) is 0. The quantitative estimate of drug-likeness (QED) is 0.526. The molecule has 0 spiro atoms. The summed E-state index contributed by atoms with van der Waals surface area (Å²) in [5.41, 5.74) is 0. The van der Waals surface area contributed by atoms with E-state index in [2.05, 4.69) is 0 Å². The van der Waals surface area contributed by atoms with Gasteiger partial charge in [0.05, 0.1) is 0 Å². The van der Waals surface area contributed by atoms with Crippen molar-refractivity contribution in [2.24, 2.45) is 0 Å². The van der Waals surface area contributed by atoms with Gasteiger partial charge in [0.25, 0.3) is 0 Å². The number of carbonyl (C=O) groups excluding carboxylic acids is 1. The number of carbonyl (C=O) groups is 1. The van der Waals surface area contributed by atoms with E-state index in [4.69, 9.17) is 21.1 Å². The van der Waals surface area contributed by atoms with Crippen LogP contribution in [-0.2, 0) is 14.3 Å². The fourth-order valence-electron chi connectivity index (χ4n) is 1.93. The van der Waals surface area contributed by atoms with Crippen LogP contribution >= 0.6 is 11.6 Å². The van der Waals surface area contributed by atoms with Gasteiger partial charge in [-0.15, -0.1) is 11.6 Å². The number of alkyl halides is 1. The monoisotopic (exact) mass is 249 g/mol. The van der Waals surface area contributed by atoms with E-state index in [0.717, 1.165) is 12.8 Å². The highest BCUT2D eigenvalue weighted by molar-refractivity contribution is 6.17. The van der Waals surface area contributed by atoms with Gasteiger partial charge >= 0.3 is 0 Å². The molecule has 1 aliphatic heterocycles. The van der Waals surface area contributed by atoms with Gasteiger partial charge in [-0.05, 0) is 12.8 Å². The first-order valence-electron chi connectivity index (χ1n) is 5.62. The Labute approximate surface area is 102 Å². The highest BCUT2D eigenvalue weighted by atomic mass is 35.5. The number of amides is 1. The van der Waals surface area contributed by atoms with Crippen LogP contribution in [-0.4, -0.2) is 56.2 Å². The smallest absolute Gasteiger partial charge is 0.222 e. The fraction of sp³-hybridized carbons (Fsp3) is 0.909. The highest BCUT2D eigenvalue weighted by Crippen LogP contribution is 2.17. The molecule has 0 radical (unpaired) electrons. The number of nitrogens with zero attached hydrogens (tertiary/aromatic N) is 1. The number of ether oxygens (including phenoxy) is 2. The molecule has 0 aromatic carbocycles. The van der Waals surface area contributed by atoms with E-state index < -0.39 is 0 Å². The van der Waals surface area contributed by atoms with E-state index in [9.17, 15) is 4.79 Å². The zero-order valence-electron chi connectivity index (χ0n) is 9.95. The van der Waals surface area contributed by atoms with Gasteiger partial charge in [0, 0.05) is 39.6 Å². The highest BCUT2D eigenvalue weighted by Gasteiger charge is 2.34. The van der Waals surface area contributed by atoms with E-state index >= 15 is 0 Å². The van der Waals surface area contributed by atoms with Gasteiger partial charge in [0.2, 0.25) is 5.91 Å². The Kier molecular flexibility index (Phi) is 6.09. The van der Waals surface area contributed by atoms with Crippen LogP contribution in [0, 0.1) is 0 Å². The van der Waals surface area contributed by atoms with Crippen molar-refractivity contribution >= 4 is 17.5 Å². The van der Waals surface area contributed by atoms with Crippen LogP contribution in [0.4, 0.5) is 0 Å². The van der Waals surface area contributed by atoms with Gasteiger partial charge < -0.3 is 14.4 Å². The van der Waals surface area contributed by atoms with Crippen molar-refractivity contribution in [1.29, 1.82) is 0 Å². The number of rotatable bonds is 6. The average molecular weight is 250 g/mol. The zero-order chi connectivity index (χ0) is 12.0. The normalized spacial score (nSPS) is 25.1. The maximum Gasteiger partial charge on any atom is 0.222 e. The maximum atomic E-state index is 11.8. The minimum absolute atomic E-state index is 0.00183. The lowest BCUT2D eigenvalue weighted by molar-refractivity contribution is -0.130. The molecule has 1 fully saturated rings. The molecule has 94 valence electrons. The lowest BCUT2D eigenvalue weighted by Gasteiger charge is -2.15. The molecule has 1 aliphatic rings. The van der Waals surface area contributed by atoms with Crippen LogP contribution in [0.25, 0.3) is 0 Å². The molecule has 1 saturated heterocycles. The van der Waals surface area contributed by atoms with Gasteiger partial charge in [-0.3, -0.25) is 4.79 Å². The van der Waals surface area contributed by atoms with E-state index in [1.54, 1.807) is 14.2 Å². The first-order valence-corrected chi connectivity index (χ1v) is 6.15. The molecule has 0 saturated carbocycles. The van der Waals surface area contributed by atoms with E-state index in [-0.39, 0.29) is 18.1 Å². The van der Waals surface area contributed by atoms with Gasteiger partial charge in [-0.1, -0.05) is 0 Å². The Bertz CT molecular complexity index is 213. The lowest BCUT2D eigenvalue weighted by Crippen LogP contribution is -2.29. The van der Waals surface area contributed by atoms with E-state index in [1.807, 2.05) is 4.90 Å². The molecule has 5 heteroatoms. The van der Waals surface area contributed by atoms with Crippen LogP contribution in [0.15, 0.2) is 0 Å². The summed E-state index contributed by atoms with van der Waals surface area (Å²) in [5.74, 6) is 0.793. The first-order chi connectivity index (χ1) is 7.72. The van der Waals surface area contributed by atoms with E-state index in [0.29, 0.717) is 25.4 Å². The summed E-state index contributed by atoms with van der Waals surface area (Å²) < 4.78 is 10.6. The maximum absolute atomic E-state index is 11.8. The van der Waals surface area contributed by atoms with E-state index in [1.165, 1.54) is 0 Å². The number of halogens is 1. The second-order valence-electron chi connectivity index (χ2n) is 3.99. The Balaban J connectivity index is 2.35. The molecule has 2 unspecified atom stereocenters. The topological polar surface area (TPSA) is 38.8 Å². The van der Waals surface area contributed by atoms with Crippen molar-refractivity contribution in [2.75, 3.05) is 33.2 Å². The molecule has 0 aromatic heterocycles. The van der Waals surface area contributed by atoms with Gasteiger partial charge in [-0.2, -0.15) is 0 Å². The fourth-order valence-corrected chi connectivity index (χ4v) is 2.12. The van der Waals surface area contributed by atoms with Crippen LogP contribution in [0.1, 0.15) is 19.3 Å². The zero-order valence-corrected chi connectivity index (χ0v) is 10.7. The largest absolute Gasteiger partial charge is 0.377 e. The molecule has 1 rings (SSSR count). The number of methoxy groups -OCH3 is 2. The van der Waals surface area contributed by atoms with Gasteiger partial charge in [0.15, 0.2) is 0 Å². The third-order valence-corrected chi connectivity index (χ3v) is 3.22.